The zero-order chi connectivity index (χ0) is 15.1. The molecule has 0 aromatic carbocycles. The van der Waals surface area contributed by atoms with E-state index >= 15 is 0 Å². The van der Waals surface area contributed by atoms with Gasteiger partial charge in [-0.05, 0) is 6.42 Å². The molecule has 0 amide bonds. The van der Waals surface area contributed by atoms with Crippen LogP contribution in [0.2, 0.25) is 0 Å². The minimum atomic E-state index is -0.134. The highest BCUT2D eigenvalue weighted by Crippen LogP contribution is 2.07. The molecule has 0 saturated carbocycles. The number of carbonyl (C=O) groups excluding carboxylic acids is 1. The van der Waals surface area contributed by atoms with Gasteiger partial charge >= 0.3 is 5.97 Å². The number of ether oxygens (including phenoxy) is 1. The highest BCUT2D eigenvalue weighted by Gasteiger charge is 2.19. The smallest absolute Gasteiger partial charge is 0.306 e. The van der Waals surface area contributed by atoms with Crippen LogP contribution in [0.25, 0.3) is 0 Å². The van der Waals surface area contributed by atoms with Crippen LogP contribution in [0.1, 0.15) is 25.6 Å². The van der Waals surface area contributed by atoms with E-state index in [2.05, 4.69) is 31.5 Å². The molecule has 7 heteroatoms. The molecule has 1 aliphatic rings. The summed E-state index contributed by atoms with van der Waals surface area (Å²) in [5.41, 5.74) is 0. The molecule has 1 saturated heterocycles. The van der Waals surface area contributed by atoms with E-state index in [9.17, 15) is 4.79 Å². The molecule has 2 heterocycles. The summed E-state index contributed by atoms with van der Waals surface area (Å²) in [7, 11) is 1.44. The van der Waals surface area contributed by atoms with Gasteiger partial charge in [0.15, 0.2) is 0 Å². The van der Waals surface area contributed by atoms with Crippen molar-refractivity contribution in [3.05, 3.63) is 12.2 Å². The highest BCUT2D eigenvalue weighted by atomic mass is 16.5. The number of piperazine rings is 1. The van der Waals surface area contributed by atoms with Crippen molar-refractivity contribution in [2.75, 3.05) is 39.8 Å². The van der Waals surface area contributed by atoms with Gasteiger partial charge in [-0.1, -0.05) is 6.92 Å². The molecule has 1 aliphatic heterocycles. The van der Waals surface area contributed by atoms with Crippen molar-refractivity contribution in [2.45, 2.75) is 32.9 Å². The van der Waals surface area contributed by atoms with Crippen molar-refractivity contribution in [1.82, 2.24) is 24.6 Å². The Labute approximate surface area is 125 Å². The topological polar surface area (TPSA) is 63.5 Å². The summed E-state index contributed by atoms with van der Waals surface area (Å²) in [4.78, 5) is 20.2. The number of rotatable bonds is 7. The average Bonchev–Trinajstić information content (AvgIpc) is 2.94. The largest absolute Gasteiger partial charge is 0.469 e. The fraction of sp³-hybridized carbons (Fsp3) is 0.786. The van der Waals surface area contributed by atoms with Crippen LogP contribution in [-0.4, -0.2) is 70.4 Å². The first kappa shape index (κ1) is 15.9. The number of hydrogen-bond acceptors (Lipinski definition) is 6. The Morgan fingerprint density at radius 2 is 1.95 bits per heavy atom. The summed E-state index contributed by atoms with van der Waals surface area (Å²) < 4.78 is 6.66. The van der Waals surface area contributed by atoms with Gasteiger partial charge in [0.25, 0.3) is 0 Å². The number of hydrogen-bond donors (Lipinski definition) is 0. The van der Waals surface area contributed by atoms with Gasteiger partial charge in [0.1, 0.15) is 12.2 Å². The molecule has 0 aliphatic carbocycles. The Hall–Kier alpha value is -1.47. The van der Waals surface area contributed by atoms with Crippen LogP contribution in [0.5, 0.6) is 0 Å². The second-order valence-electron chi connectivity index (χ2n) is 5.34. The molecule has 1 aromatic rings. The second-order valence-corrected chi connectivity index (χ2v) is 5.34. The number of aryl methyl sites for hydroxylation is 1. The van der Waals surface area contributed by atoms with E-state index < -0.39 is 0 Å². The standard InChI is InChI=1S/C14H25N5O2/c1-3-5-19-13(15-12-16-19)11-18-9-7-17(8-10-18)6-4-14(20)21-2/h12H,3-11H2,1-2H3. The van der Waals surface area contributed by atoms with Gasteiger partial charge in [-0.15, -0.1) is 0 Å². The van der Waals surface area contributed by atoms with Crippen molar-refractivity contribution in [2.24, 2.45) is 0 Å². The third-order valence-corrected chi connectivity index (χ3v) is 3.82. The van der Waals surface area contributed by atoms with E-state index in [0.29, 0.717) is 6.42 Å². The maximum atomic E-state index is 11.2. The SMILES string of the molecule is CCCn1ncnc1CN1CCN(CCC(=O)OC)CC1. The number of methoxy groups -OCH3 is 1. The molecule has 0 spiro atoms. The number of aromatic nitrogens is 3. The molecule has 0 unspecified atom stereocenters. The molecule has 1 fully saturated rings. The first-order chi connectivity index (χ1) is 10.2. The van der Waals surface area contributed by atoms with Crippen molar-refractivity contribution < 1.29 is 9.53 Å². The third-order valence-electron chi connectivity index (χ3n) is 3.82. The minimum absolute atomic E-state index is 0.134. The molecule has 1 aromatic heterocycles. The molecule has 0 radical (unpaired) electrons. The number of esters is 1. The molecule has 0 bridgehead atoms. The second kappa shape index (κ2) is 8.09. The van der Waals surface area contributed by atoms with Crippen molar-refractivity contribution in [3.8, 4) is 0 Å². The summed E-state index contributed by atoms with van der Waals surface area (Å²) in [5, 5.41) is 4.26. The lowest BCUT2D eigenvalue weighted by atomic mass is 10.3. The zero-order valence-corrected chi connectivity index (χ0v) is 13.0. The van der Waals surface area contributed by atoms with Crippen molar-refractivity contribution in [3.63, 3.8) is 0 Å². The lowest BCUT2D eigenvalue weighted by Crippen LogP contribution is -2.46. The molecule has 21 heavy (non-hydrogen) atoms. The monoisotopic (exact) mass is 295 g/mol. The van der Waals surface area contributed by atoms with Gasteiger partial charge in [-0.2, -0.15) is 5.10 Å². The van der Waals surface area contributed by atoms with E-state index in [1.165, 1.54) is 7.11 Å². The van der Waals surface area contributed by atoms with Crippen LogP contribution in [0.3, 0.4) is 0 Å². The van der Waals surface area contributed by atoms with Crippen molar-refractivity contribution >= 4 is 5.97 Å². The first-order valence-corrected chi connectivity index (χ1v) is 7.61. The van der Waals surface area contributed by atoms with Gasteiger partial charge < -0.3 is 9.64 Å². The van der Waals surface area contributed by atoms with Crippen molar-refractivity contribution in [1.29, 1.82) is 0 Å². The summed E-state index contributed by atoms with van der Waals surface area (Å²) in [6.45, 7) is 8.68. The Kier molecular flexibility index (Phi) is 6.13. The van der Waals surface area contributed by atoms with Crippen LogP contribution in [-0.2, 0) is 22.6 Å². The Balaban J connectivity index is 1.73. The summed E-state index contributed by atoms with van der Waals surface area (Å²) in [6.07, 6.45) is 3.18. The predicted octanol–water partition coefficient (Wildman–Crippen LogP) is 0.369. The van der Waals surface area contributed by atoms with E-state index in [0.717, 1.165) is 58.1 Å². The van der Waals surface area contributed by atoms with Crippen LogP contribution in [0.4, 0.5) is 0 Å². The first-order valence-electron chi connectivity index (χ1n) is 7.61. The van der Waals surface area contributed by atoms with Gasteiger partial charge in [0.2, 0.25) is 0 Å². The normalized spacial score (nSPS) is 17.0. The van der Waals surface area contributed by atoms with Gasteiger partial charge in [-0.25, -0.2) is 9.67 Å². The van der Waals surface area contributed by atoms with Gasteiger partial charge in [0.05, 0.1) is 20.1 Å². The quantitative estimate of drug-likeness (QED) is 0.677. The van der Waals surface area contributed by atoms with Crippen LogP contribution < -0.4 is 0 Å². The lowest BCUT2D eigenvalue weighted by Gasteiger charge is -2.34. The maximum Gasteiger partial charge on any atom is 0.306 e. The molecule has 0 atom stereocenters. The zero-order valence-electron chi connectivity index (χ0n) is 13.0. The molecular formula is C14H25N5O2. The van der Waals surface area contributed by atoms with E-state index in [1.54, 1.807) is 6.33 Å². The van der Waals surface area contributed by atoms with Crippen LogP contribution in [0.15, 0.2) is 6.33 Å². The fourth-order valence-corrected chi connectivity index (χ4v) is 2.53. The molecular weight excluding hydrogens is 270 g/mol. The molecule has 7 nitrogen and oxygen atoms in total. The highest BCUT2D eigenvalue weighted by molar-refractivity contribution is 5.69. The Morgan fingerprint density at radius 1 is 1.24 bits per heavy atom. The molecule has 0 N–H and O–H groups in total. The van der Waals surface area contributed by atoms with Gasteiger partial charge in [0, 0.05) is 39.3 Å². The van der Waals surface area contributed by atoms with E-state index in [4.69, 9.17) is 0 Å². The van der Waals surface area contributed by atoms with E-state index in [-0.39, 0.29) is 5.97 Å². The summed E-state index contributed by atoms with van der Waals surface area (Å²) in [5.74, 6) is 0.907. The molecule has 2 rings (SSSR count). The minimum Gasteiger partial charge on any atom is -0.469 e. The number of nitrogens with zero attached hydrogens (tertiary/aromatic N) is 5. The average molecular weight is 295 g/mol. The lowest BCUT2D eigenvalue weighted by molar-refractivity contribution is -0.141. The van der Waals surface area contributed by atoms with Crippen LogP contribution >= 0.6 is 0 Å². The molecule has 118 valence electrons. The number of carbonyl (C=O) groups is 1. The summed E-state index contributed by atoms with van der Waals surface area (Å²) in [6, 6.07) is 0. The Bertz CT molecular complexity index is 440. The van der Waals surface area contributed by atoms with E-state index in [1.807, 2.05) is 4.68 Å². The predicted molar refractivity (Wildman–Crippen MR) is 78.7 cm³/mol. The fourth-order valence-electron chi connectivity index (χ4n) is 2.53. The Morgan fingerprint density at radius 3 is 2.62 bits per heavy atom. The maximum absolute atomic E-state index is 11.2. The summed E-state index contributed by atoms with van der Waals surface area (Å²) >= 11 is 0. The third kappa shape index (κ3) is 4.78. The van der Waals surface area contributed by atoms with Gasteiger partial charge in [-0.3, -0.25) is 9.69 Å². The van der Waals surface area contributed by atoms with Crippen LogP contribution in [0, 0.1) is 0 Å².